The van der Waals surface area contributed by atoms with Crippen LogP contribution in [0, 0.1) is 0 Å². The summed E-state index contributed by atoms with van der Waals surface area (Å²) in [6, 6.07) is 0. The zero-order chi connectivity index (χ0) is 5.11. The van der Waals surface area contributed by atoms with Crippen molar-refractivity contribution >= 4 is 0 Å². The molecule has 0 saturated heterocycles. The Morgan fingerprint density at radius 2 is 2.57 bits per heavy atom. The fourth-order valence-electron chi connectivity index (χ4n) is 0.226. The molecule has 1 heterocycles. The van der Waals surface area contributed by atoms with Crippen molar-refractivity contribution in [2.24, 2.45) is 5.84 Å². The number of nitrogens with two attached hydrogens (primary N) is 1. The molecule has 0 radical (unpaired) electrons. The molecule has 1 aromatic rings. The van der Waals surface area contributed by atoms with Crippen LogP contribution in [-0.4, -0.2) is 20.3 Å². The second kappa shape index (κ2) is 1.52. The molecule has 0 spiro atoms. The van der Waals surface area contributed by atoms with E-state index >= 15 is 0 Å². The van der Waals surface area contributed by atoms with E-state index in [4.69, 9.17) is 5.84 Å². The van der Waals surface area contributed by atoms with Crippen molar-refractivity contribution in [3.8, 4) is 0 Å². The molecule has 0 atom stereocenters. The van der Waals surface area contributed by atoms with Crippen molar-refractivity contribution in [3.63, 3.8) is 0 Å². The van der Waals surface area contributed by atoms with Crippen LogP contribution in [0.5, 0.6) is 0 Å². The Morgan fingerprint density at radius 1 is 1.71 bits per heavy atom. The SMILES string of the molecule is NNn1ncnn1. The molecule has 0 aromatic carbocycles. The number of nitrogens with zero attached hydrogens (tertiary/aromatic N) is 4. The minimum atomic E-state index is 1.04. The van der Waals surface area contributed by atoms with Gasteiger partial charge in [0.1, 0.15) is 0 Å². The van der Waals surface area contributed by atoms with Gasteiger partial charge in [0.15, 0.2) is 6.33 Å². The smallest absolute Gasteiger partial charge is 0.164 e. The van der Waals surface area contributed by atoms with Gasteiger partial charge in [0.05, 0.1) is 0 Å². The maximum atomic E-state index is 4.84. The van der Waals surface area contributed by atoms with Gasteiger partial charge in [-0.05, 0) is 5.21 Å². The minimum Gasteiger partial charge on any atom is -0.233 e. The Labute approximate surface area is 39.2 Å². The average molecular weight is 100 g/mol. The zero-order valence-electron chi connectivity index (χ0n) is 3.44. The van der Waals surface area contributed by atoms with E-state index in [1.54, 1.807) is 0 Å². The van der Waals surface area contributed by atoms with Crippen LogP contribution in [0.25, 0.3) is 0 Å². The number of nitrogen functional groups attached to an aromatic ring is 1. The maximum Gasteiger partial charge on any atom is 0.164 e. The lowest BCUT2D eigenvalue weighted by molar-refractivity contribution is 0.626. The lowest BCUT2D eigenvalue weighted by Crippen LogP contribution is -2.23. The van der Waals surface area contributed by atoms with E-state index < -0.39 is 0 Å². The van der Waals surface area contributed by atoms with Crippen LogP contribution >= 0.6 is 0 Å². The summed E-state index contributed by atoms with van der Waals surface area (Å²) < 4.78 is 0. The van der Waals surface area contributed by atoms with Crippen LogP contribution in [0.15, 0.2) is 6.33 Å². The number of tetrazole rings is 1. The molecule has 0 bridgehead atoms. The molecule has 0 amide bonds. The molecule has 0 aliphatic heterocycles. The summed E-state index contributed by atoms with van der Waals surface area (Å²) in [5, 5.41) is 10.2. The van der Waals surface area contributed by atoms with Crippen LogP contribution in [-0.2, 0) is 0 Å². The van der Waals surface area contributed by atoms with Crippen LogP contribution in [0.2, 0.25) is 0 Å². The summed E-state index contributed by atoms with van der Waals surface area (Å²) in [6.07, 6.45) is 1.28. The number of aromatic nitrogens is 4. The van der Waals surface area contributed by atoms with Gasteiger partial charge in [-0.15, -0.1) is 10.2 Å². The third kappa shape index (κ3) is 0.631. The van der Waals surface area contributed by atoms with Gasteiger partial charge in [-0.3, -0.25) is 0 Å². The molecule has 6 heteroatoms. The Bertz CT molecular complexity index is 119. The molecule has 1 rings (SSSR count). The monoisotopic (exact) mass is 100 g/mol. The summed E-state index contributed by atoms with van der Waals surface area (Å²) in [7, 11) is 0. The number of hydrogen-bond donors (Lipinski definition) is 2. The van der Waals surface area contributed by atoms with Gasteiger partial charge in [-0.1, -0.05) is 4.91 Å². The Balaban J connectivity index is 2.76. The molecule has 38 valence electrons. The van der Waals surface area contributed by atoms with E-state index in [9.17, 15) is 0 Å². The van der Waals surface area contributed by atoms with Crippen molar-refractivity contribution in [1.29, 1.82) is 0 Å². The highest BCUT2D eigenvalue weighted by molar-refractivity contribution is 4.40. The first-order chi connectivity index (χ1) is 3.43. The van der Waals surface area contributed by atoms with Gasteiger partial charge in [0, 0.05) is 0 Å². The maximum absolute atomic E-state index is 4.84. The van der Waals surface area contributed by atoms with Crippen LogP contribution < -0.4 is 11.4 Å². The summed E-state index contributed by atoms with van der Waals surface area (Å²) >= 11 is 0. The zero-order valence-corrected chi connectivity index (χ0v) is 3.44. The van der Waals surface area contributed by atoms with E-state index in [1.807, 2.05) is 0 Å². The van der Waals surface area contributed by atoms with Gasteiger partial charge in [-0.25, -0.2) is 11.4 Å². The van der Waals surface area contributed by atoms with Crippen LogP contribution in [0.3, 0.4) is 0 Å². The molecule has 6 nitrogen and oxygen atoms in total. The second-order valence-corrected chi connectivity index (χ2v) is 0.854. The third-order valence-electron chi connectivity index (χ3n) is 0.464. The normalized spacial score (nSPS) is 8.71. The average Bonchev–Trinajstić information content (AvgIpc) is 2.14. The van der Waals surface area contributed by atoms with Crippen molar-refractivity contribution in [3.05, 3.63) is 6.33 Å². The fourth-order valence-corrected chi connectivity index (χ4v) is 0.226. The Hall–Kier alpha value is -1.17. The third-order valence-corrected chi connectivity index (χ3v) is 0.464. The van der Waals surface area contributed by atoms with E-state index in [1.165, 1.54) is 6.33 Å². The second-order valence-electron chi connectivity index (χ2n) is 0.854. The van der Waals surface area contributed by atoms with Gasteiger partial charge < -0.3 is 0 Å². The first-order valence-electron chi connectivity index (χ1n) is 1.63. The number of nitrogens with one attached hydrogen (secondary N) is 1. The molecular formula is CH4N6. The molecular weight excluding hydrogens is 96.1 g/mol. The largest absolute Gasteiger partial charge is 0.233 e. The highest BCUT2D eigenvalue weighted by atomic mass is 15.8. The first-order valence-corrected chi connectivity index (χ1v) is 1.63. The number of hydrazine groups is 1. The topological polar surface area (TPSA) is 81.6 Å². The molecule has 0 fully saturated rings. The summed E-state index contributed by atoms with van der Waals surface area (Å²) in [5.41, 5.74) is 2.14. The fraction of sp³-hybridized carbons (Fsp3) is 0. The van der Waals surface area contributed by atoms with Crippen molar-refractivity contribution < 1.29 is 0 Å². The van der Waals surface area contributed by atoms with E-state index in [-0.39, 0.29) is 0 Å². The molecule has 0 aliphatic rings. The van der Waals surface area contributed by atoms with Gasteiger partial charge in [-0.2, -0.15) is 0 Å². The highest BCUT2D eigenvalue weighted by Gasteiger charge is 1.78. The standard InChI is InChI=1S/CH4N6/c2-5-7-4-1-3-6-7/h1,5H,2H2. The number of rotatable bonds is 1. The Morgan fingerprint density at radius 3 is 2.86 bits per heavy atom. The molecule has 0 aliphatic carbocycles. The molecule has 1 aromatic heterocycles. The van der Waals surface area contributed by atoms with Gasteiger partial charge in [0.25, 0.3) is 0 Å². The van der Waals surface area contributed by atoms with E-state index in [2.05, 4.69) is 20.9 Å². The summed E-state index contributed by atoms with van der Waals surface area (Å²) in [4.78, 5) is 1.04. The van der Waals surface area contributed by atoms with E-state index in [0.29, 0.717) is 0 Å². The predicted octanol–water partition coefficient (Wildman–Crippen LogP) is -1.91. The summed E-state index contributed by atoms with van der Waals surface area (Å²) in [5.74, 6) is 4.84. The van der Waals surface area contributed by atoms with Crippen molar-refractivity contribution in [1.82, 2.24) is 20.3 Å². The van der Waals surface area contributed by atoms with Gasteiger partial charge in [0.2, 0.25) is 0 Å². The molecule has 3 N–H and O–H groups in total. The summed E-state index contributed by atoms with van der Waals surface area (Å²) in [6.45, 7) is 0. The van der Waals surface area contributed by atoms with Crippen molar-refractivity contribution in [2.45, 2.75) is 0 Å². The lowest BCUT2D eigenvalue weighted by atomic mass is 11.4. The number of hydrogen-bond acceptors (Lipinski definition) is 5. The van der Waals surface area contributed by atoms with Crippen LogP contribution in [0.4, 0.5) is 0 Å². The highest BCUT2D eigenvalue weighted by Crippen LogP contribution is 1.56. The quantitative estimate of drug-likeness (QED) is 0.318. The van der Waals surface area contributed by atoms with Gasteiger partial charge >= 0.3 is 0 Å². The minimum absolute atomic E-state index is 1.04. The lowest BCUT2D eigenvalue weighted by Gasteiger charge is -1.87. The molecule has 0 unspecified atom stereocenters. The molecule has 0 saturated carbocycles. The van der Waals surface area contributed by atoms with Crippen LogP contribution in [0.1, 0.15) is 0 Å². The molecule has 7 heavy (non-hydrogen) atoms. The predicted molar refractivity (Wildman–Crippen MR) is 21.4 cm³/mol. The van der Waals surface area contributed by atoms with E-state index in [0.717, 1.165) is 4.91 Å². The Kier molecular flexibility index (Phi) is 0.868. The van der Waals surface area contributed by atoms with Crippen molar-refractivity contribution in [2.75, 3.05) is 5.53 Å². The first kappa shape index (κ1) is 4.00.